The third kappa shape index (κ3) is 3.19. The molecule has 0 unspecified atom stereocenters. The first-order chi connectivity index (χ1) is 7.52. The number of hydrogen-bond donors (Lipinski definition) is 1. The fourth-order valence-electron chi connectivity index (χ4n) is 1.01. The van der Waals surface area contributed by atoms with Crippen LogP contribution in [0.4, 0.5) is 0 Å². The van der Waals surface area contributed by atoms with Crippen LogP contribution in [-0.2, 0) is 28.7 Å². The van der Waals surface area contributed by atoms with Crippen LogP contribution in [0.3, 0.4) is 0 Å². The summed E-state index contributed by atoms with van der Waals surface area (Å²) in [5, 5.41) is 1.98. The summed E-state index contributed by atoms with van der Waals surface area (Å²) in [6.45, 7) is 0. The highest BCUT2D eigenvalue weighted by molar-refractivity contribution is 6.06. The third-order valence-electron chi connectivity index (χ3n) is 1.74. The maximum absolute atomic E-state index is 11.1. The molecule has 1 aliphatic heterocycles. The number of amides is 2. The van der Waals surface area contributed by atoms with E-state index < -0.39 is 29.9 Å². The summed E-state index contributed by atoms with van der Waals surface area (Å²) in [5.74, 6) is -2.77. The quantitative estimate of drug-likeness (QED) is 0.364. The molecule has 1 atom stereocenters. The molecule has 0 aliphatic carbocycles. The van der Waals surface area contributed by atoms with Crippen molar-refractivity contribution < 1.29 is 28.7 Å². The van der Waals surface area contributed by atoms with Crippen LogP contribution in [-0.4, -0.2) is 37.0 Å². The van der Waals surface area contributed by atoms with Gasteiger partial charge in [0.2, 0.25) is 5.91 Å². The van der Waals surface area contributed by atoms with Crippen molar-refractivity contribution in [2.24, 2.45) is 0 Å². The summed E-state index contributed by atoms with van der Waals surface area (Å²) in [6, 6.07) is 0. The molecule has 16 heavy (non-hydrogen) atoms. The van der Waals surface area contributed by atoms with Gasteiger partial charge in [0, 0.05) is 12.2 Å². The van der Waals surface area contributed by atoms with Gasteiger partial charge >= 0.3 is 11.9 Å². The van der Waals surface area contributed by atoms with Crippen molar-refractivity contribution >= 4 is 23.8 Å². The molecule has 86 valence electrons. The van der Waals surface area contributed by atoms with Crippen LogP contribution in [0.15, 0.2) is 12.2 Å². The predicted molar refractivity (Wildman–Crippen MR) is 48.8 cm³/mol. The fraction of sp³-hybridized carbons (Fsp3) is 0.333. The highest BCUT2D eigenvalue weighted by atomic mass is 16.5. The van der Waals surface area contributed by atoms with Gasteiger partial charge in [-0.25, -0.2) is 9.59 Å². The minimum atomic E-state index is -1.12. The standard InChI is InChI=1S/C9H9NO6/c1-15-7(12)2-3-8(13)16-5-4-6(11)10-9(5)14/h2-3,5H,4H2,1H3,(H,10,11,14)/b3-2+/t5-/m1/s1. The maximum atomic E-state index is 11.1. The molecule has 0 aromatic rings. The molecular weight excluding hydrogens is 218 g/mol. The fourth-order valence-corrected chi connectivity index (χ4v) is 1.01. The van der Waals surface area contributed by atoms with Crippen LogP contribution in [0.5, 0.6) is 0 Å². The second-order valence-electron chi connectivity index (χ2n) is 2.90. The van der Waals surface area contributed by atoms with E-state index in [-0.39, 0.29) is 6.42 Å². The second kappa shape index (κ2) is 5.06. The number of methoxy groups -OCH3 is 1. The number of carbonyl (C=O) groups excluding carboxylic acids is 4. The lowest BCUT2D eigenvalue weighted by atomic mass is 10.3. The van der Waals surface area contributed by atoms with E-state index >= 15 is 0 Å². The number of hydrogen-bond acceptors (Lipinski definition) is 6. The van der Waals surface area contributed by atoms with Gasteiger partial charge in [-0.3, -0.25) is 14.9 Å². The second-order valence-corrected chi connectivity index (χ2v) is 2.90. The van der Waals surface area contributed by atoms with Crippen molar-refractivity contribution in [2.45, 2.75) is 12.5 Å². The van der Waals surface area contributed by atoms with Gasteiger partial charge in [0.05, 0.1) is 13.5 Å². The monoisotopic (exact) mass is 227 g/mol. The van der Waals surface area contributed by atoms with Crippen LogP contribution in [0.1, 0.15) is 6.42 Å². The lowest BCUT2D eigenvalue weighted by Crippen LogP contribution is -2.27. The molecule has 2 amide bonds. The Balaban J connectivity index is 2.46. The average Bonchev–Trinajstić information content (AvgIpc) is 2.54. The van der Waals surface area contributed by atoms with E-state index in [1.54, 1.807) is 0 Å². The molecule has 1 rings (SSSR count). The normalized spacial score (nSPS) is 19.7. The van der Waals surface area contributed by atoms with Gasteiger partial charge in [0.25, 0.3) is 5.91 Å². The smallest absolute Gasteiger partial charge is 0.331 e. The van der Waals surface area contributed by atoms with Crippen molar-refractivity contribution in [3.63, 3.8) is 0 Å². The Kier molecular flexibility index (Phi) is 3.76. The van der Waals surface area contributed by atoms with Gasteiger partial charge < -0.3 is 9.47 Å². The molecule has 7 heteroatoms. The van der Waals surface area contributed by atoms with Crippen LogP contribution in [0.2, 0.25) is 0 Å². The minimum absolute atomic E-state index is 0.198. The summed E-state index contributed by atoms with van der Waals surface area (Å²) in [4.78, 5) is 43.4. The van der Waals surface area contributed by atoms with Crippen molar-refractivity contribution in [1.82, 2.24) is 5.32 Å². The Bertz CT molecular complexity index is 372. The lowest BCUT2D eigenvalue weighted by Gasteiger charge is -2.05. The zero-order valence-corrected chi connectivity index (χ0v) is 8.39. The first kappa shape index (κ1) is 11.9. The Morgan fingerprint density at radius 2 is 1.94 bits per heavy atom. The van der Waals surface area contributed by atoms with Gasteiger partial charge in [-0.15, -0.1) is 0 Å². The molecule has 1 aliphatic rings. The van der Waals surface area contributed by atoms with Crippen molar-refractivity contribution in [2.75, 3.05) is 7.11 Å². The molecule has 1 N–H and O–H groups in total. The third-order valence-corrected chi connectivity index (χ3v) is 1.74. The Morgan fingerprint density at radius 1 is 1.31 bits per heavy atom. The number of imide groups is 1. The number of nitrogens with one attached hydrogen (secondary N) is 1. The van der Waals surface area contributed by atoms with Gasteiger partial charge in [0.15, 0.2) is 6.10 Å². The summed E-state index contributed by atoms with van der Waals surface area (Å²) in [6.07, 6.45) is 0.359. The van der Waals surface area contributed by atoms with Gasteiger partial charge in [-0.2, -0.15) is 0 Å². The number of rotatable bonds is 3. The molecule has 0 aromatic carbocycles. The summed E-state index contributed by atoms with van der Waals surface area (Å²) in [5.41, 5.74) is 0. The first-order valence-corrected chi connectivity index (χ1v) is 4.33. The Morgan fingerprint density at radius 3 is 2.44 bits per heavy atom. The molecule has 1 saturated heterocycles. The molecule has 0 bridgehead atoms. The van der Waals surface area contributed by atoms with E-state index in [0.717, 1.165) is 19.3 Å². The predicted octanol–water partition coefficient (Wildman–Crippen LogP) is -1.33. The van der Waals surface area contributed by atoms with E-state index in [1.165, 1.54) is 0 Å². The van der Waals surface area contributed by atoms with E-state index in [1.807, 2.05) is 5.32 Å². The molecular formula is C9H9NO6. The van der Waals surface area contributed by atoms with E-state index in [9.17, 15) is 19.2 Å². The number of ether oxygens (including phenoxy) is 2. The van der Waals surface area contributed by atoms with Crippen molar-refractivity contribution in [1.29, 1.82) is 0 Å². The molecule has 0 saturated carbocycles. The van der Waals surface area contributed by atoms with Crippen molar-refractivity contribution in [3.8, 4) is 0 Å². The minimum Gasteiger partial charge on any atom is -0.466 e. The van der Waals surface area contributed by atoms with Crippen molar-refractivity contribution in [3.05, 3.63) is 12.2 Å². The summed E-state index contributed by atoms with van der Waals surface area (Å²) >= 11 is 0. The highest BCUT2D eigenvalue weighted by Gasteiger charge is 2.33. The molecule has 0 aromatic heterocycles. The molecule has 1 fully saturated rings. The SMILES string of the molecule is COC(=O)/C=C/C(=O)O[C@@H]1CC(=O)NC1=O. The Hall–Kier alpha value is -2.18. The van der Waals surface area contributed by atoms with Crippen LogP contribution < -0.4 is 5.32 Å². The maximum Gasteiger partial charge on any atom is 0.331 e. The molecule has 0 spiro atoms. The topological polar surface area (TPSA) is 98.8 Å². The van der Waals surface area contributed by atoms with E-state index in [4.69, 9.17) is 0 Å². The number of carbonyl (C=O) groups is 4. The van der Waals surface area contributed by atoms with E-state index in [0.29, 0.717) is 0 Å². The van der Waals surface area contributed by atoms with Gasteiger partial charge in [-0.05, 0) is 0 Å². The zero-order valence-electron chi connectivity index (χ0n) is 8.39. The van der Waals surface area contributed by atoms with Gasteiger partial charge in [-0.1, -0.05) is 0 Å². The average molecular weight is 227 g/mol. The molecule has 0 radical (unpaired) electrons. The van der Waals surface area contributed by atoms with Crippen LogP contribution >= 0.6 is 0 Å². The molecule has 7 nitrogen and oxygen atoms in total. The first-order valence-electron chi connectivity index (χ1n) is 4.33. The summed E-state index contributed by atoms with van der Waals surface area (Å²) < 4.78 is 8.86. The Labute approximate surface area is 90.4 Å². The van der Waals surface area contributed by atoms with Crippen LogP contribution in [0, 0.1) is 0 Å². The summed E-state index contributed by atoms with van der Waals surface area (Å²) in [7, 11) is 1.15. The largest absolute Gasteiger partial charge is 0.466 e. The highest BCUT2D eigenvalue weighted by Crippen LogP contribution is 2.06. The lowest BCUT2D eigenvalue weighted by molar-refractivity contribution is -0.149. The molecule has 1 heterocycles. The van der Waals surface area contributed by atoms with Crippen LogP contribution in [0.25, 0.3) is 0 Å². The van der Waals surface area contributed by atoms with E-state index in [2.05, 4.69) is 9.47 Å². The van der Waals surface area contributed by atoms with Gasteiger partial charge in [0.1, 0.15) is 0 Å². The number of esters is 2. The zero-order chi connectivity index (χ0) is 12.1.